The second-order valence-corrected chi connectivity index (χ2v) is 8.62. The van der Waals surface area contributed by atoms with E-state index < -0.39 is 17.6 Å². The van der Waals surface area contributed by atoms with E-state index in [1.165, 1.54) is 0 Å². The molecule has 9 heteroatoms. The summed E-state index contributed by atoms with van der Waals surface area (Å²) < 4.78 is 43.8. The van der Waals surface area contributed by atoms with Crippen molar-refractivity contribution in [1.82, 2.24) is 4.98 Å². The summed E-state index contributed by atoms with van der Waals surface area (Å²) in [7, 11) is 0. The monoisotopic (exact) mass is 461 g/mol. The van der Waals surface area contributed by atoms with Crippen molar-refractivity contribution in [3.63, 3.8) is 0 Å². The van der Waals surface area contributed by atoms with Crippen molar-refractivity contribution in [2.24, 2.45) is 0 Å². The quantitative estimate of drug-likeness (QED) is 0.542. The Balaban J connectivity index is 1.41. The number of rotatable bonds is 4. The van der Waals surface area contributed by atoms with E-state index in [0.29, 0.717) is 5.69 Å². The summed E-state index contributed by atoms with van der Waals surface area (Å²) in [6.45, 7) is 5.70. The molecule has 2 heterocycles. The number of hydrogen-bond donors (Lipinski definition) is 1. The second kappa shape index (κ2) is 8.91. The molecule has 2 unspecified atom stereocenters. The van der Waals surface area contributed by atoms with E-state index in [0.717, 1.165) is 53.7 Å². The van der Waals surface area contributed by atoms with Gasteiger partial charge in [-0.1, -0.05) is 12.1 Å². The van der Waals surface area contributed by atoms with E-state index >= 15 is 0 Å². The van der Waals surface area contributed by atoms with E-state index in [1.807, 2.05) is 17.5 Å². The molecule has 1 saturated heterocycles. The molecule has 1 N–H and O–H groups in total. The molecule has 168 valence electrons. The van der Waals surface area contributed by atoms with E-state index in [-0.39, 0.29) is 17.8 Å². The third kappa shape index (κ3) is 5.11. The smallest absolute Gasteiger partial charge is 0.372 e. The molecule has 32 heavy (non-hydrogen) atoms. The molecule has 2 atom stereocenters. The maximum absolute atomic E-state index is 12.7. The summed E-state index contributed by atoms with van der Waals surface area (Å²) in [6, 6.07) is 11.3. The van der Waals surface area contributed by atoms with Gasteiger partial charge in [-0.25, -0.2) is 4.98 Å². The number of thiazole rings is 1. The highest BCUT2D eigenvalue weighted by atomic mass is 32.1. The van der Waals surface area contributed by atoms with Gasteiger partial charge in [0.05, 0.1) is 23.5 Å². The number of anilines is 2. The summed E-state index contributed by atoms with van der Waals surface area (Å²) in [4.78, 5) is 19.3. The van der Waals surface area contributed by atoms with Crippen molar-refractivity contribution >= 4 is 28.1 Å². The minimum Gasteiger partial charge on any atom is -0.372 e. The molecule has 1 aliphatic heterocycles. The molecule has 2 aromatic carbocycles. The standard InChI is InChI=1S/C23H22F3N3O2S/c1-14-11-29(12-15(2)31-14)22-28-20(13-32-22)16-5-9-19(10-6-16)27-21(30)17-3-7-18(8-4-17)23(24,25)26/h3-10,13-15H,11-12H2,1-2H3,(H,27,30). The van der Waals surface area contributed by atoms with Gasteiger partial charge in [0, 0.05) is 35.3 Å². The molecule has 1 fully saturated rings. The zero-order valence-electron chi connectivity index (χ0n) is 17.5. The number of morpholine rings is 1. The number of amides is 1. The lowest BCUT2D eigenvalue weighted by atomic mass is 10.1. The Bertz CT molecular complexity index is 1070. The molecule has 1 amide bonds. The van der Waals surface area contributed by atoms with Crippen LogP contribution in [0.2, 0.25) is 0 Å². The lowest BCUT2D eigenvalue weighted by Crippen LogP contribution is -2.45. The van der Waals surface area contributed by atoms with Crippen LogP contribution in [0.1, 0.15) is 29.8 Å². The number of nitrogens with zero attached hydrogens (tertiary/aromatic N) is 2. The predicted molar refractivity (Wildman–Crippen MR) is 119 cm³/mol. The number of nitrogens with one attached hydrogen (secondary N) is 1. The highest BCUT2D eigenvalue weighted by Crippen LogP contribution is 2.31. The van der Waals surface area contributed by atoms with E-state index in [9.17, 15) is 18.0 Å². The lowest BCUT2D eigenvalue weighted by Gasteiger charge is -2.35. The van der Waals surface area contributed by atoms with Crippen LogP contribution in [-0.2, 0) is 10.9 Å². The topological polar surface area (TPSA) is 54.5 Å². The Labute approximate surface area is 187 Å². The van der Waals surface area contributed by atoms with Crippen molar-refractivity contribution < 1.29 is 22.7 Å². The van der Waals surface area contributed by atoms with Crippen molar-refractivity contribution in [2.45, 2.75) is 32.2 Å². The van der Waals surface area contributed by atoms with Crippen LogP contribution in [-0.4, -0.2) is 36.2 Å². The van der Waals surface area contributed by atoms with Gasteiger partial charge in [0.25, 0.3) is 5.91 Å². The Hall–Kier alpha value is -2.91. The number of carbonyl (C=O) groups excluding carboxylic acids is 1. The number of alkyl halides is 3. The van der Waals surface area contributed by atoms with Crippen molar-refractivity contribution in [3.05, 3.63) is 65.0 Å². The third-order valence-electron chi connectivity index (χ3n) is 5.10. The first-order valence-electron chi connectivity index (χ1n) is 10.1. The Morgan fingerprint density at radius 3 is 2.28 bits per heavy atom. The zero-order chi connectivity index (χ0) is 22.9. The van der Waals surface area contributed by atoms with Gasteiger partial charge in [-0.2, -0.15) is 13.2 Å². The predicted octanol–water partition coefficient (Wildman–Crippen LogP) is 5.69. The van der Waals surface area contributed by atoms with Gasteiger partial charge < -0.3 is 15.0 Å². The average molecular weight is 462 g/mol. The molecule has 0 spiro atoms. The van der Waals surface area contributed by atoms with Crippen LogP contribution in [0.15, 0.2) is 53.9 Å². The number of benzene rings is 2. The highest BCUT2D eigenvalue weighted by molar-refractivity contribution is 7.14. The lowest BCUT2D eigenvalue weighted by molar-refractivity contribution is -0.137. The zero-order valence-corrected chi connectivity index (χ0v) is 18.3. The van der Waals surface area contributed by atoms with Crippen molar-refractivity contribution in [3.8, 4) is 11.3 Å². The summed E-state index contributed by atoms with van der Waals surface area (Å²) in [5.74, 6) is -0.474. The SMILES string of the molecule is CC1CN(c2nc(-c3ccc(NC(=O)c4ccc(C(F)(F)F)cc4)cc3)cs2)CC(C)O1. The van der Waals surface area contributed by atoms with Crippen LogP contribution in [0, 0.1) is 0 Å². The number of aromatic nitrogens is 1. The Morgan fingerprint density at radius 1 is 1.06 bits per heavy atom. The van der Waals surface area contributed by atoms with Gasteiger partial charge in [0.15, 0.2) is 5.13 Å². The third-order valence-corrected chi connectivity index (χ3v) is 6.00. The summed E-state index contributed by atoms with van der Waals surface area (Å²) in [6.07, 6.45) is -4.13. The number of halogens is 3. The van der Waals surface area contributed by atoms with Crippen LogP contribution >= 0.6 is 11.3 Å². The molecule has 0 saturated carbocycles. The fourth-order valence-corrected chi connectivity index (χ4v) is 4.47. The van der Waals surface area contributed by atoms with Crippen LogP contribution in [0.3, 0.4) is 0 Å². The van der Waals surface area contributed by atoms with Crippen LogP contribution < -0.4 is 10.2 Å². The molecule has 0 bridgehead atoms. The molecule has 1 aromatic heterocycles. The maximum atomic E-state index is 12.7. The van der Waals surface area contributed by atoms with Crippen LogP contribution in [0.5, 0.6) is 0 Å². The molecule has 3 aromatic rings. The first kappa shape index (κ1) is 22.3. The van der Waals surface area contributed by atoms with Gasteiger partial charge in [0.1, 0.15) is 0 Å². The first-order chi connectivity index (χ1) is 15.2. The van der Waals surface area contributed by atoms with Gasteiger partial charge in [-0.3, -0.25) is 4.79 Å². The molecule has 5 nitrogen and oxygen atoms in total. The van der Waals surface area contributed by atoms with Gasteiger partial charge in [-0.15, -0.1) is 11.3 Å². The summed E-state index contributed by atoms with van der Waals surface area (Å²) >= 11 is 1.58. The molecule has 0 radical (unpaired) electrons. The van der Waals surface area contributed by atoms with Crippen LogP contribution in [0.25, 0.3) is 11.3 Å². The average Bonchev–Trinajstić information content (AvgIpc) is 3.23. The minimum absolute atomic E-state index is 0.152. The second-order valence-electron chi connectivity index (χ2n) is 7.78. The van der Waals surface area contributed by atoms with Crippen LogP contribution in [0.4, 0.5) is 24.0 Å². The highest BCUT2D eigenvalue weighted by Gasteiger charge is 2.30. The summed E-state index contributed by atoms with van der Waals surface area (Å²) in [5.41, 5.74) is 1.67. The molecular weight excluding hydrogens is 439 g/mol. The normalized spacial score (nSPS) is 19.1. The number of carbonyl (C=O) groups is 1. The minimum atomic E-state index is -4.43. The molecule has 1 aliphatic rings. The Kier molecular flexibility index (Phi) is 6.21. The van der Waals surface area contributed by atoms with Gasteiger partial charge in [0.2, 0.25) is 0 Å². The van der Waals surface area contributed by atoms with E-state index in [4.69, 9.17) is 9.72 Å². The van der Waals surface area contributed by atoms with Gasteiger partial charge in [-0.05, 0) is 50.2 Å². The molecule has 0 aliphatic carbocycles. The van der Waals surface area contributed by atoms with E-state index in [2.05, 4.69) is 24.1 Å². The number of hydrogen-bond acceptors (Lipinski definition) is 5. The maximum Gasteiger partial charge on any atom is 0.416 e. The number of ether oxygens (including phenoxy) is 1. The Morgan fingerprint density at radius 2 is 1.69 bits per heavy atom. The fourth-order valence-electron chi connectivity index (χ4n) is 3.61. The first-order valence-corrected chi connectivity index (χ1v) is 11.0. The van der Waals surface area contributed by atoms with Crippen molar-refractivity contribution in [2.75, 3.05) is 23.3 Å². The van der Waals surface area contributed by atoms with Crippen molar-refractivity contribution in [1.29, 1.82) is 0 Å². The fraction of sp³-hybridized carbons (Fsp3) is 0.304. The largest absolute Gasteiger partial charge is 0.416 e. The molecular formula is C23H22F3N3O2S. The van der Waals surface area contributed by atoms with Gasteiger partial charge >= 0.3 is 6.18 Å². The summed E-state index contributed by atoms with van der Waals surface area (Å²) in [5, 5.41) is 5.64. The molecule has 4 rings (SSSR count). The van der Waals surface area contributed by atoms with E-state index in [1.54, 1.807) is 23.5 Å².